The standard InChI is InChI=1S/C10H14BrNOS/c11-9-4-3-8(14-9)10(7-13-12)5-1-2-6-10/h3-4H,1-2,5-7,12H2. The van der Waals surface area contributed by atoms with E-state index >= 15 is 0 Å². The van der Waals surface area contributed by atoms with Gasteiger partial charge < -0.3 is 4.84 Å². The van der Waals surface area contributed by atoms with Gasteiger partial charge in [0.05, 0.1) is 10.4 Å². The fourth-order valence-corrected chi connectivity index (χ4v) is 3.89. The fourth-order valence-electron chi connectivity index (χ4n) is 2.27. The summed E-state index contributed by atoms with van der Waals surface area (Å²) in [5.41, 5.74) is 0.200. The first-order valence-corrected chi connectivity index (χ1v) is 6.45. The highest BCUT2D eigenvalue weighted by molar-refractivity contribution is 9.11. The minimum absolute atomic E-state index is 0.200. The third kappa shape index (κ3) is 1.89. The first-order valence-electron chi connectivity index (χ1n) is 4.84. The molecule has 0 atom stereocenters. The fraction of sp³-hybridized carbons (Fsp3) is 0.600. The van der Waals surface area contributed by atoms with Gasteiger partial charge in [0.25, 0.3) is 0 Å². The summed E-state index contributed by atoms with van der Waals surface area (Å²) in [4.78, 5) is 6.29. The molecule has 1 aliphatic rings. The minimum Gasteiger partial charge on any atom is -0.304 e. The summed E-state index contributed by atoms with van der Waals surface area (Å²) < 4.78 is 1.19. The summed E-state index contributed by atoms with van der Waals surface area (Å²) in [6.45, 7) is 0.653. The van der Waals surface area contributed by atoms with Crippen LogP contribution >= 0.6 is 27.3 Å². The SMILES string of the molecule is NOCC1(c2ccc(Br)s2)CCCC1. The molecule has 0 unspecified atom stereocenters. The third-order valence-corrected chi connectivity index (χ3v) is 4.89. The maximum atomic E-state index is 5.23. The number of halogens is 1. The summed E-state index contributed by atoms with van der Waals surface area (Å²) in [5, 5.41) is 0. The first-order chi connectivity index (χ1) is 6.77. The Kier molecular flexibility index (Phi) is 3.27. The maximum Gasteiger partial charge on any atom is 0.0783 e. The molecule has 2 rings (SSSR count). The molecule has 1 saturated carbocycles. The second kappa shape index (κ2) is 4.31. The average Bonchev–Trinajstić information content (AvgIpc) is 2.75. The molecule has 14 heavy (non-hydrogen) atoms. The number of nitrogens with two attached hydrogens (primary N) is 1. The van der Waals surface area contributed by atoms with Crippen LogP contribution in [-0.4, -0.2) is 6.61 Å². The maximum absolute atomic E-state index is 5.23. The number of hydrogen-bond donors (Lipinski definition) is 1. The molecule has 1 fully saturated rings. The van der Waals surface area contributed by atoms with Crippen LogP contribution < -0.4 is 5.90 Å². The van der Waals surface area contributed by atoms with Crippen molar-refractivity contribution in [3.05, 3.63) is 20.8 Å². The van der Waals surface area contributed by atoms with Gasteiger partial charge in [-0.05, 0) is 40.9 Å². The number of rotatable bonds is 3. The van der Waals surface area contributed by atoms with E-state index in [1.54, 1.807) is 11.3 Å². The Hall–Kier alpha value is 0.1000. The molecular weight excluding hydrogens is 262 g/mol. The lowest BCUT2D eigenvalue weighted by Gasteiger charge is -2.26. The van der Waals surface area contributed by atoms with E-state index in [0.29, 0.717) is 6.61 Å². The van der Waals surface area contributed by atoms with Gasteiger partial charge >= 0.3 is 0 Å². The molecule has 2 N–H and O–H groups in total. The summed E-state index contributed by atoms with van der Waals surface area (Å²) in [6.07, 6.45) is 4.99. The van der Waals surface area contributed by atoms with Gasteiger partial charge in [0.1, 0.15) is 0 Å². The van der Waals surface area contributed by atoms with Crippen LogP contribution in [0.15, 0.2) is 15.9 Å². The van der Waals surface area contributed by atoms with E-state index in [1.165, 1.54) is 34.3 Å². The molecule has 1 aromatic rings. The van der Waals surface area contributed by atoms with Crippen LogP contribution in [0.25, 0.3) is 0 Å². The van der Waals surface area contributed by atoms with Crippen molar-refractivity contribution in [2.75, 3.05) is 6.61 Å². The van der Waals surface area contributed by atoms with E-state index in [-0.39, 0.29) is 5.41 Å². The van der Waals surface area contributed by atoms with Crippen LogP contribution in [0.3, 0.4) is 0 Å². The lowest BCUT2D eigenvalue weighted by Crippen LogP contribution is -2.29. The van der Waals surface area contributed by atoms with Crippen molar-refractivity contribution in [3.8, 4) is 0 Å². The van der Waals surface area contributed by atoms with E-state index in [1.807, 2.05) is 0 Å². The molecule has 0 saturated heterocycles. The average molecular weight is 276 g/mol. The molecule has 78 valence electrons. The summed E-state index contributed by atoms with van der Waals surface area (Å²) in [6, 6.07) is 4.30. The van der Waals surface area contributed by atoms with Crippen LogP contribution in [0, 0.1) is 0 Å². The van der Waals surface area contributed by atoms with Crippen molar-refractivity contribution in [1.29, 1.82) is 0 Å². The highest BCUT2D eigenvalue weighted by Gasteiger charge is 2.37. The van der Waals surface area contributed by atoms with Gasteiger partial charge in [-0.3, -0.25) is 0 Å². The topological polar surface area (TPSA) is 35.2 Å². The van der Waals surface area contributed by atoms with Crippen LogP contribution in [-0.2, 0) is 10.3 Å². The zero-order valence-electron chi connectivity index (χ0n) is 7.96. The zero-order chi connectivity index (χ0) is 10.0. The van der Waals surface area contributed by atoms with Crippen LogP contribution in [0.1, 0.15) is 30.6 Å². The van der Waals surface area contributed by atoms with Crippen molar-refractivity contribution in [2.45, 2.75) is 31.1 Å². The van der Waals surface area contributed by atoms with Gasteiger partial charge in [-0.2, -0.15) is 0 Å². The second-order valence-electron chi connectivity index (χ2n) is 3.90. The third-order valence-electron chi connectivity index (χ3n) is 3.02. The monoisotopic (exact) mass is 275 g/mol. The Balaban J connectivity index is 2.26. The molecule has 1 aromatic heterocycles. The molecule has 0 bridgehead atoms. The largest absolute Gasteiger partial charge is 0.304 e. The normalized spacial score (nSPS) is 20.1. The van der Waals surface area contributed by atoms with E-state index in [2.05, 4.69) is 28.1 Å². The quantitative estimate of drug-likeness (QED) is 0.860. The summed E-state index contributed by atoms with van der Waals surface area (Å²) >= 11 is 5.31. The van der Waals surface area contributed by atoms with Gasteiger partial charge in [-0.1, -0.05) is 12.8 Å². The Bertz CT molecular complexity index is 307. The van der Waals surface area contributed by atoms with Gasteiger partial charge in [0, 0.05) is 10.3 Å². The highest BCUT2D eigenvalue weighted by atomic mass is 79.9. The Morgan fingerprint density at radius 1 is 1.43 bits per heavy atom. The molecular formula is C10H14BrNOS. The van der Waals surface area contributed by atoms with E-state index < -0.39 is 0 Å². The van der Waals surface area contributed by atoms with Crippen molar-refractivity contribution >= 4 is 27.3 Å². The van der Waals surface area contributed by atoms with E-state index in [9.17, 15) is 0 Å². The van der Waals surface area contributed by atoms with E-state index in [0.717, 1.165) is 0 Å². The lowest BCUT2D eigenvalue weighted by atomic mass is 9.85. The smallest absolute Gasteiger partial charge is 0.0783 e. The van der Waals surface area contributed by atoms with E-state index in [4.69, 9.17) is 10.7 Å². The molecule has 0 aliphatic heterocycles. The zero-order valence-corrected chi connectivity index (χ0v) is 10.4. The van der Waals surface area contributed by atoms with Gasteiger partial charge in [-0.25, -0.2) is 5.90 Å². The molecule has 4 heteroatoms. The van der Waals surface area contributed by atoms with Crippen molar-refractivity contribution < 1.29 is 4.84 Å². The van der Waals surface area contributed by atoms with Crippen LogP contribution in [0.4, 0.5) is 0 Å². The molecule has 1 heterocycles. The van der Waals surface area contributed by atoms with Crippen molar-refractivity contribution in [2.24, 2.45) is 5.90 Å². The molecule has 2 nitrogen and oxygen atoms in total. The van der Waals surface area contributed by atoms with Crippen LogP contribution in [0.5, 0.6) is 0 Å². The highest BCUT2D eigenvalue weighted by Crippen LogP contribution is 2.44. The van der Waals surface area contributed by atoms with Crippen LogP contribution in [0.2, 0.25) is 0 Å². The Morgan fingerprint density at radius 2 is 2.14 bits per heavy atom. The molecule has 0 amide bonds. The molecule has 0 aromatic carbocycles. The first kappa shape index (κ1) is 10.6. The van der Waals surface area contributed by atoms with Crippen molar-refractivity contribution in [3.63, 3.8) is 0 Å². The number of hydrogen-bond acceptors (Lipinski definition) is 3. The Morgan fingerprint density at radius 3 is 2.64 bits per heavy atom. The van der Waals surface area contributed by atoms with Gasteiger partial charge in [0.2, 0.25) is 0 Å². The van der Waals surface area contributed by atoms with Crippen molar-refractivity contribution in [1.82, 2.24) is 0 Å². The number of thiophene rings is 1. The molecule has 0 spiro atoms. The Labute approximate surface area is 96.5 Å². The molecule has 0 radical (unpaired) electrons. The predicted molar refractivity (Wildman–Crippen MR) is 62.3 cm³/mol. The summed E-state index contributed by atoms with van der Waals surface area (Å²) in [7, 11) is 0. The predicted octanol–water partition coefficient (Wildman–Crippen LogP) is 3.21. The minimum atomic E-state index is 0.200. The van der Waals surface area contributed by atoms with Gasteiger partial charge in [-0.15, -0.1) is 11.3 Å². The second-order valence-corrected chi connectivity index (χ2v) is 6.37. The lowest BCUT2D eigenvalue weighted by molar-refractivity contribution is 0.0863. The summed E-state index contributed by atoms with van der Waals surface area (Å²) in [5.74, 6) is 5.23. The van der Waals surface area contributed by atoms with Gasteiger partial charge in [0.15, 0.2) is 0 Å². The molecule has 1 aliphatic carbocycles.